The number of carbonyl (C=O) groups is 2. The molecule has 0 bridgehead atoms. The standard InChI is InChI=1S/C25H32N4O4S2/c1-3-4-13-28-22(27-11-7-5-6-8-12-27)18(17(2)19(16-26)23(28)32)15-20-24(33)29(25(34)35-20)14-9-10-21(30)31/h15H,3-14H2,1-2H3,(H,30,31)/b20-15-. The summed E-state index contributed by atoms with van der Waals surface area (Å²) in [7, 11) is 0. The van der Waals surface area contributed by atoms with E-state index in [1.807, 2.05) is 0 Å². The maximum Gasteiger partial charge on any atom is 0.303 e. The first-order valence-corrected chi connectivity index (χ1v) is 13.4. The summed E-state index contributed by atoms with van der Waals surface area (Å²) in [5.74, 6) is -0.406. The predicted molar refractivity (Wildman–Crippen MR) is 142 cm³/mol. The Hall–Kier alpha value is -2.64. The lowest BCUT2D eigenvalue weighted by molar-refractivity contribution is -0.137. The van der Waals surface area contributed by atoms with Gasteiger partial charge in [-0.2, -0.15) is 5.26 Å². The van der Waals surface area contributed by atoms with Crippen molar-refractivity contribution in [2.45, 2.75) is 71.8 Å². The molecule has 2 fully saturated rings. The molecule has 1 aromatic heterocycles. The highest BCUT2D eigenvalue weighted by atomic mass is 32.2. The second kappa shape index (κ2) is 12.4. The normalized spacial score (nSPS) is 17.7. The molecule has 0 saturated carbocycles. The van der Waals surface area contributed by atoms with Crippen LogP contribution in [0.1, 0.15) is 75.0 Å². The van der Waals surface area contributed by atoms with Gasteiger partial charge in [0, 0.05) is 38.2 Å². The Bertz CT molecular complexity index is 1130. The third-order valence-corrected chi connectivity index (χ3v) is 7.79. The number of aromatic nitrogens is 1. The molecule has 0 aromatic carbocycles. The Kier molecular flexibility index (Phi) is 9.52. The van der Waals surface area contributed by atoms with Crippen LogP contribution in [-0.4, -0.2) is 50.4 Å². The van der Waals surface area contributed by atoms with Crippen LogP contribution < -0.4 is 10.5 Å². The fourth-order valence-electron chi connectivity index (χ4n) is 4.50. The number of hydrogen-bond acceptors (Lipinski definition) is 7. The van der Waals surface area contributed by atoms with Gasteiger partial charge in [0.2, 0.25) is 0 Å². The number of rotatable bonds is 9. The minimum atomic E-state index is -0.915. The van der Waals surface area contributed by atoms with Crippen LogP contribution in [0.15, 0.2) is 9.70 Å². The van der Waals surface area contributed by atoms with Gasteiger partial charge >= 0.3 is 5.97 Å². The first-order chi connectivity index (χ1) is 16.8. The molecule has 35 heavy (non-hydrogen) atoms. The number of anilines is 1. The average molecular weight is 517 g/mol. The number of nitriles is 1. The Morgan fingerprint density at radius 1 is 1.17 bits per heavy atom. The minimum Gasteiger partial charge on any atom is -0.481 e. The summed E-state index contributed by atoms with van der Waals surface area (Å²) in [6, 6.07) is 2.09. The van der Waals surface area contributed by atoms with E-state index in [4.69, 9.17) is 17.3 Å². The molecule has 2 saturated heterocycles. The number of carbonyl (C=O) groups excluding carboxylic acids is 1. The Morgan fingerprint density at radius 3 is 2.46 bits per heavy atom. The van der Waals surface area contributed by atoms with Gasteiger partial charge in [-0.1, -0.05) is 50.2 Å². The molecule has 0 unspecified atom stereocenters. The maximum atomic E-state index is 13.4. The number of unbranched alkanes of at least 4 members (excludes halogenated alkanes) is 1. The van der Waals surface area contributed by atoms with Gasteiger partial charge in [0.25, 0.3) is 11.5 Å². The van der Waals surface area contributed by atoms with Crippen LogP contribution in [0.3, 0.4) is 0 Å². The van der Waals surface area contributed by atoms with Crippen molar-refractivity contribution in [1.29, 1.82) is 5.26 Å². The van der Waals surface area contributed by atoms with Gasteiger partial charge in [-0.3, -0.25) is 23.9 Å². The molecular formula is C25H32N4O4S2. The van der Waals surface area contributed by atoms with E-state index in [1.54, 1.807) is 17.6 Å². The summed E-state index contributed by atoms with van der Waals surface area (Å²) >= 11 is 6.59. The van der Waals surface area contributed by atoms with Crippen LogP contribution in [0.2, 0.25) is 0 Å². The number of hydrogen-bond donors (Lipinski definition) is 1. The van der Waals surface area contributed by atoms with Crippen molar-refractivity contribution in [2.24, 2.45) is 0 Å². The summed E-state index contributed by atoms with van der Waals surface area (Å²) in [5.41, 5.74) is 1.10. The smallest absolute Gasteiger partial charge is 0.303 e. The SMILES string of the molecule is CCCCn1c(N2CCCCCC2)c(/C=C2\SC(=S)N(CCCC(=O)O)C2=O)c(C)c(C#N)c1=O. The Labute approximate surface area is 215 Å². The zero-order chi connectivity index (χ0) is 25.5. The van der Waals surface area contributed by atoms with Gasteiger partial charge in [-0.05, 0) is 44.2 Å². The minimum absolute atomic E-state index is 0.0394. The van der Waals surface area contributed by atoms with E-state index in [0.717, 1.165) is 57.4 Å². The van der Waals surface area contributed by atoms with Gasteiger partial charge in [0.05, 0.1) is 4.91 Å². The van der Waals surface area contributed by atoms with Crippen molar-refractivity contribution in [2.75, 3.05) is 24.5 Å². The lowest BCUT2D eigenvalue weighted by Gasteiger charge is -2.29. The van der Waals surface area contributed by atoms with E-state index in [0.29, 0.717) is 33.3 Å². The van der Waals surface area contributed by atoms with Crippen molar-refractivity contribution in [3.8, 4) is 6.07 Å². The van der Waals surface area contributed by atoms with Crippen molar-refractivity contribution in [3.63, 3.8) is 0 Å². The molecule has 8 nitrogen and oxygen atoms in total. The summed E-state index contributed by atoms with van der Waals surface area (Å²) in [6.07, 6.45) is 8.07. The van der Waals surface area contributed by atoms with Gasteiger partial charge < -0.3 is 10.0 Å². The van der Waals surface area contributed by atoms with Crippen molar-refractivity contribution < 1.29 is 14.7 Å². The molecule has 0 atom stereocenters. The molecule has 188 valence electrons. The van der Waals surface area contributed by atoms with Crippen molar-refractivity contribution in [3.05, 3.63) is 31.9 Å². The second-order valence-electron chi connectivity index (χ2n) is 8.89. The molecule has 2 aliphatic heterocycles. The van der Waals surface area contributed by atoms with E-state index in [2.05, 4.69) is 17.9 Å². The molecule has 3 rings (SSSR count). The second-order valence-corrected chi connectivity index (χ2v) is 10.6. The van der Waals surface area contributed by atoms with E-state index >= 15 is 0 Å². The number of nitrogens with zero attached hydrogens (tertiary/aromatic N) is 4. The first kappa shape index (κ1) is 27.0. The zero-order valence-electron chi connectivity index (χ0n) is 20.3. The fourth-order valence-corrected chi connectivity index (χ4v) is 5.79. The first-order valence-electron chi connectivity index (χ1n) is 12.2. The number of aliphatic carboxylic acids is 1. The third-order valence-electron chi connectivity index (χ3n) is 6.41. The highest BCUT2D eigenvalue weighted by Gasteiger charge is 2.33. The molecule has 2 aliphatic rings. The molecule has 10 heteroatoms. The monoisotopic (exact) mass is 516 g/mol. The van der Waals surface area contributed by atoms with Crippen LogP contribution in [0.5, 0.6) is 0 Å². The number of thioether (sulfide) groups is 1. The molecule has 0 radical (unpaired) electrons. The van der Waals surface area contributed by atoms with Crippen LogP contribution in [-0.2, 0) is 16.1 Å². The van der Waals surface area contributed by atoms with Crippen LogP contribution in [0.4, 0.5) is 5.82 Å². The molecule has 0 spiro atoms. The largest absolute Gasteiger partial charge is 0.481 e. The quantitative estimate of drug-likeness (QED) is 0.383. The van der Waals surface area contributed by atoms with Crippen molar-refractivity contribution in [1.82, 2.24) is 9.47 Å². The lowest BCUT2D eigenvalue weighted by atomic mass is 10.0. The predicted octanol–water partition coefficient (Wildman–Crippen LogP) is 4.27. The van der Waals surface area contributed by atoms with Gasteiger partial charge in [-0.15, -0.1) is 0 Å². The van der Waals surface area contributed by atoms with Gasteiger partial charge in [0.1, 0.15) is 21.8 Å². The molecule has 1 amide bonds. The van der Waals surface area contributed by atoms with E-state index in [9.17, 15) is 19.6 Å². The summed E-state index contributed by atoms with van der Waals surface area (Å²) in [6.45, 7) is 6.21. The number of pyridine rings is 1. The molecule has 0 aliphatic carbocycles. The zero-order valence-corrected chi connectivity index (χ0v) is 22.0. The number of amides is 1. The summed E-state index contributed by atoms with van der Waals surface area (Å²) in [4.78, 5) is 41.5. The summed E-state index contributed by atoms with van der Waals surface area (Å²) in [5, 5.41) is 18.7. The molecule has 3 heterocycles. The Balaban J connectivity index is 2.12. The Morgan fingerprint density at radius 2 is 1.86 bits per heavy atom. The summed E-state index contributed by atoms with van der Waals surface area (Å²) < 4.78 is 2.11. The highest BCUT2D eigenvalue weighted by molar-refractivity contribution is 8.26. The molecular weight excluding hydrogens is 484 g/mol. The fraction of sp³-hybridized carbons (Fsp3) is 0.560. The van der Waals surface area contributed by atoms with Crippen molar-refractivity contribution >= 4 is 52.1 Å². The van der Waals surface area contributed by atoms with Crippen LogP contribution in [0.25, 0.3) is 6.08 Å². The number of carboxylic acid groups (broad SMARTS) is 1. The van der Waals surface area contributed by atoms with Gasteiger partial charge in [0.15, 0.2) is 0 Å². The van der Waals surface area contributed by atoms with Gasteiger partial charge in [-0.25, -0.2) is 0 Å². The maximum absolute atomic E-state index is 13.4. The van der Waals surface area contributed by atoms with E-state index in [-0.39, 0.29) is 30.0 Å². The molecule has 1 N–H and O–H groups in total. The number of thiocarbonyl (C=S) groups is 1. The highest BCUT2D eigenvalue weighted by Crippen LogP contribution is 2.36. The topological polar surface area (TPSA) is 107 Å². The van der Waals surface area contributed by atoms with E-state index < -0.39 is 5.97 Å². The lowest BCUT2D eigenvalue weighted by Crippen LogP contribution is -2.35. The van der Waals surface area contributed by atoms with Crippen LogP contribution >= 0.6 is 24.0 Å². The van der Waals surface area contributed by atoms with Crippen LogP contribution in [0, 0.1) is 18.3 Å². The number of carboxylic acids is 1. The molecule has 1 aromatic rings. The average Bonchev–Trinajstić information content (AvgIpc) is 3.00. The van der Waals surface area contributed by atoms with E-state index in [1.165, 1.54) is 16.7 Å². The third kappa shape index (κ3) is 6.14.